The molecule has 0 radical (unpaired) electrons. The molecule has 1 aromatic heterocycles. The summed E-state index contributed by atoms with van der Waals surface area (Å²) in [6.07, 6.45) is 10.5. The van der Waals surface area contributed by atoms with Crippen LogP contribution >= 0.6 is 0 Å². The number of aliphatic imine (C=N–C) groups is 1. The largest absolute Gasteiger partial charge is 0.461 e. The molecule has 10 rings (SSSR count). The second-order valence-electron chi connectivity index (χ2n) is 15.9. The molecule has 2 heteroatoms. The molecule has 2 nitrogen and oxygen atoms in total. The Balaban J connectivity index is 1.06. The topological polar surface area (TPSA) is 25.5 Å². The third-order valence-corrected chi connectivity index (χ3v) is 12.5. The molecule has 0 saturated carbocycles. The third-order valence-electron chi connectivity index (χ3n) is 12.5. The standard InChI is InChI=1S/C58H43NO/c1-7-17-48-36(4)54(52-26-16-27-53-57(52)55(48)38(6)60-53)46(8-2)43-29-31-51-45(33-43)34-44-23-15-25-50(56(44)51)42-22-14-21-41(32-42)37(5)59-58(40-19-10-9-11-20-40)49-30-28-39-18-12-13-24-47(39)35(49)3/h1,8-33,37H,2,4,34H2,3,5-6H3/b48-17-,54-46-,59-58?. The van der Waals surface area contributed by atoms with Crippen molar-refractivity contribution >= 4 is 56.5 Å². The first-order valence-electron chi connectivity index (χ1n) is 20.6. The van der Waals surface area contributed by atoms with E-state index in [1.165, 1.54) is 55.3 Å². The summed E-state index contributed by atoms with van der Waals surface area (Å²) in [5.41, 5.74) is 16.2. The van der Waals surface area contributed by atoms with Gasteiger partial charge in [-0.1, -0.05) is 159 Å². The van der Waals surface area contributed by atoms with Crippen LogP contribution in [0.1, 0.15) is 57.7 Å². The van der Waals surface area contributed by atoms with Gasteiger partial charge in [-0.2, -0.15) is 0 Å². The van der Waals surface area contributed by atoms with Crippen LogP contribution in [0.4, 0.5) is 0 Å². The van der Waals surface area contributed by atoms with E-state index in [0.717, 1.165) is 77.6 Å². The van der Waals surface area contributed by atoms with Crippen molar-refractivity contribution in [3.8, 4) is 34.6 Å². The summed E-state index contributed by atoms with van der Waals surface area (Å²) >= 11 is 0. The zero-order chi connectivity index (χ0) is 41.1. The first kappa shape index (κ1) is 36.8. The van der Waals surface area contributed by atoms with Crippen molar-refractivity contribution in [2.24, 2.45) is 4.99 Å². The predicted octanol–water partition coefficient (Wildman–Crippen LogP) is 12.1. The van der Waals surface area contributed by atoms with Crippen LogP contribution in [0.25, 0.3) is 73.0 Å². The predicted molar refractivity (Wildman–Crippen MR) is 254 cm³/mol. The summed E-state index contributed by atoms with van der Waals surface area (Å²) in [5.74, 6) is 3.60. The smallest absolute Gasteiger partial charge is 0.135 e. The molecular weight excluding hydrogens is 727 g/mol. The Kier molecular flexibility index (Phi) is 9.04. The van der Waals surface area contributed by atoms with Crippen molar-refractivity contribution in [1.82, 2.24) is 0 Å². The van der Waals surface area contributed by atoms with Crippen LogP contribution < -0.4 is 15.7 Å². The van der Waals surface area contributed by atoms with E-state index in [-0.39, 0.29) is 6.04 Å². The van der Waals surface area contributed by atoms with Crippen molar-refractivity contribution in [3.63, 3.8) is 0 Å². The number of aryl methyl sites for hydroxylation is 2. The molecule has 1 heterocycles. The first-order chi connectivity index (χ1) is 29.3. The Morgan fingerprint density at radius 1 is 0.750 bits per heavy atom. The van der Waals surface area contributed by atoms with Crippen molar-refractivity contribution in [2.75, 3.05) is 0 Å². The zero-order valence-electron chi connectivity index (χ0n) is 34.1. The second kappa shape index (κ2) is 14.7. The van der Waals surface area contributed by atoms with E-state index < -0.39 is 0 Å². The van der Waals surface area contributed by atoms with Gasteiger partial charge in [0, 0.05) is 27.1 Å². The fraction of sp³-hybridized carbons (Fsp3) is 0.0862. The average molecular weight is 770 g/mol. The zero-order valence-corrected chi connectivity index (χ0v) is 34.1. The minimum absolute atomic E-state index is 0.0820. The fourth-order valence-corrected chi connectivity index (χ4v) is 9.64. The maximum atomic E-state index is 6.23. The number of hydrogen-bond acceptors (Lipinski definition) is 2. The summed E-state index contributed by atoms with van der Waals surface area (Å²) in [7, 11) is 0. The minimum Gasteiger partial charge on any atom is -0.461 e. The van der Waals surface area contributed by atoms with Crippen molar-refractivity contribution in [1.29, 1.82) is 0 Å². The van der Waals surface area contributed by atoms with E-state index in [9.17, 15) is 0 Å². The molecule has 60 heavy (non-hydrogen) atoms. The normalized spacial score (nSPS) is 13.7. The lowest BCUT2D eigenvalue weighted by molar-refractivity contribution is 0.583. The van der Waals surface area contributed by atoms with Gasteiger partial charge in [-0.25, -0.2) is 0 Å². The Bertz CT molecular complexity index is 3480. The summed E-state index contributed by atoms with van der Waals surface area (Å²) in [6.45, 7) is 15.3. The van der Waals surface area contributed by atoms with Gasteiger partial charge in [0.05, 0.1) is 11.8 Å². The molecule has 0 bridgehead atoms. The van der Waals surface area contributed by atoms with Gasteiger partial charge in [-0.05, 0) is 128 Å². The van der Waals surface area contributed by atoms with Crippen LogP contribution in [0, 0.1) is 26.2 Å². The van der Waals surface area contributed by atoms with Crippen LogP contribution in [0.5, 0.6) is 0 Å². The van der Waals surface area contributed by atoms with Crippen LogP contribution in [-0.2, 0) is 6.42 Å². The second-order valence-corrected chi connectivity index (χ2v) is 15.9. The maximum Gasteiger partial charge on any atom is 0.135 e. The maximum absolute atomic E-state index is 6.23. The molecule has 0 fully saturated rings. The highest BCUT2D eigenvalue weighted by atomic mass is 16.3. The number of furan rings is 1. The quantitative estimate of drug-likeness (QED) is 0.117. The van der Waals surface area contributed by atoms with E-state index in [4.69, 9.17) is 15.8 Å². The minimum atomic E-state index is -0.0820. The Morgan fingerprint density at radius 2 is 1.53 bits per heavy atom. The molecule has 0 saturated heterocycles. The Hall–Kier alpha value is -7.47. The highest BCUT2D eigenvalue weighted by molar-refractivity contribution is 6.16. The van der Waals surface area contributed by atoms with Gasteiger partial charge in [0.2, 0.25) is 0 Å². The van der Waals surface area contributed by atoms with Gasteiger partial charge >= 0.3 is 0 Å². The number of nitrogens with zero attached hydrogens (tertiary/aromatic N) is 1. The molecular formula is C58H43NO. The molecule has 1 aliphatic rings. The first-order valence-corrected chi connectivity index (χ1v) is 20.6. The number of fused-ring (bicyclic) bond motifs is 4. The third kappa shape index (κ3) is 5.93. The van der Waals surface area contributed by atoms with Crippen LogP contribution in [0.2, 0.25) is 0 Å². The number of allylic oxidation sites excluding steroid dienone is 1. The van der Waals surface area contributed by atoms with Crippen molar-refractivity contribution in [3.05, 3.63) is 219 Å². The summed E-state index contributed by atoms with van der Waals surface area (Å²) in [4.78, 5) is 5.50. The van der Waals surface area contributed by atoms with E-state index in [1.807, 2.05) is 31.2 Å². The highest BCUT2D eigenvalue weighted by Crippen LogP contribution is 2.44. The Labute approximate surface area is 350 Å². The van der Waals surface area contributed by atoms with Gasteiger partial charge in [-0.3, -0.25) is 4.99 Å². The fourth-order valence-electron chi connectivity index (χ4n) is 9.64. The van der Waals surface area contributed by atoms with E-state index in [1.54, 1.807) is 0 Å². The Morgan fingerprint density at radius 3 is 2.37 bits per heavy atom. The van der Waals surface area contributed by atoms with Crippen LogP contribution in [-0.4, -0.2) is 5.71 Å². The number of hydrogen-bond donors (Lipinski definition) is 0. The SMILES string of the molecule is C#C/C=c1/c(=C)/c(=C(\C=C)c2ccc3c(c2)Cc2cccc(-c4cccc(C(C)N=C(c5ccccc5)c5ccc6ccccc6c5C)c4)c2-3)c2cccc3oc(C)c1c32. The molecule has 0 spiro atoms. The summed E-state index contributed by atoms with van der Waals surface area (Å²) in [6, 6.07) is 52.3. The van der Waals surface area contributed by atoms with Gasteiger partial charge in [-0.15, -0.1) is 6.42 Å². The molecule has 8 aromatic carbocycles. The van der Waals surface area contributed by atoms with Gasteiger partial charge in [0.25, 0.3) is 0 Å². The monoisotopic (exact) mass is 769 g/mol. The van der Waals surface area contributed by atoms with E-state index in [2.05, 4.69) is 166 Å². The van der Waals surface area contributed by atoms with Crippen molar-refractivity contribution in [2.45, 2.75) is 33.2 Å². The number of benzene rings is 8. The van der Waals surface area contributed by atoms with Gasteiger partial charge in [0.1, 0.15) is 11.3 Å². The van der Waals surface area contributed by atoms with E-state index >= 15 is 0 Å². The number of rotatable bonds is 7. The molecule has 0 amide bonds. The average Bonchev–Trinajstić information content (AvgIpc) is 3.83. The lowest BCUT2D eigenvalue weighted by Gasteiger charge is -2.17. The molecule has 286 valence electrons. The summed E-state index contributed by atoms with van der Waals surface area (Å²) in [5, 5.41) is 8.49. The highest BCUT2D eigenvalue weighted by Gasteiger charge is 2.24. The molecule has 9 aromatic rings. The lowest BCUT2D eigenvalue weighted by Crippen LogP contribution is -2.40. The number of terminal acetylenes is 1. The van der Waals surface area contributed by atoms with E-state index in [0.29, 0.717) is 0 Å². The molecule has 0 aliphatic heterocycles. The van der Waals surface area contributed by atoms with Gasteiger partial charge in [0.15, 0.2) is 0 Å². The van der Waals surface area contributed by atoms with Gasteiger partial charge < -0.3 is 4.42 Å². The molecule has 1 atom stereocenters. The lowest BCUT2D eigenvalue weighted by atomic mass is 9.90. The van der Waals surface area contributed by atoms with Crippen LogP contribution in [0.15, 0.2) is 168 Å². The van der Waals surface area contributed by atoms with Crippen molar-refractivity contribution < 1.29 is 4.42 Å². The molecule has 1 unspecified atom stereocenters. The van der Waals surface area contributed by atoms with Crippen LogP contribution in [0.3, 0.4) is 0 Å². The summed E-state index contributed by atoms with van der Waals surface area (Å²) < 4.78 is 6.23. The molecule has 0 N–H and O–H groups in total. The molecule has 1 aliphatic carbocycles.